The van der Waals surface area contributed by atoms with E-state index in [-0.39, 0.29) is 17.8 Å². The maximum Gasteiger partial charge on any atom is 0.129 e. The average molecular weight is 144 g/mol. The number of ketones is 1. The lowest BCUT2D eigenvalue weighted by molar-refractivity contribution is -0.117. The van der Waals surface area contributed by atoms with Gasteiger partial charge in [-0.2, -0.15) is 0 Å². The molecule has 2 atom stereocenters. The predicted molar refractivity (Wildman–Crippen MR) is 40.8 cm³/mol. The van der Waals surface area contributed by atoms with Gasteiger partial charge < -0.3 is 9.90 Å². The number of rotatable bonds is 4. The molecule has 1 N–H and O–H groups in total. The van der Waals surface area contributed by atoms with E-state index < -0.39 is 0 Å². The van der Waals surface area contributed by atoms with Crippen molar-refractivity contribution >= 4 is 5.78 Å². The summed E-state index contributed by atoms with van der Waals surface area (Å²) in [7, 11) is 0. The smallest absolute Gasteiger partial charge is 0.129 e. The highest BCUT2D eigenvalue weighted by atomic mass is 16.3. The minimum Gasteiger partial charge on any atom is -0.393 e. The Morgan fingerprint density at radius 1 is 1.50 bits per heavy atom. The van der Waals surface area contributed by atoms with E-state index in [1.165, 1.54) is 0 Å². The van der Waals surface area contributed by atoms with Crippen molar-refractivity contribution in [3.8, 4) is 0 Å². The van der Waals surface area contributed by atoms with Gasteiger partial charge in [0, 0.05) is 6.42 Å². The Kier molecular flexibility index (Phi) is 4.28. The number of carbonyl (C=O) groups excluding carboxylic acids is 1. The number of hydrogen-bond acceptors (Lipinski definition) is 2. The van der Waals surface area contributed by atoms with E-state index in [4.69, 9.17) is 5.11 Å². The lowest BCUT2D eigenvalue weighted by Gasteiger charge is -2.12. The molecule has 0 heterocycles. The second-order valence-corrected chi connectivity index (χ2v) is 2.96. The van der Waals surface area contributed by atoms with E-state index in [1.807, 2.05) is 6.92 Å². The van der Waals surface area contributed by atoms with Crippen LogP contribution in [-0.4, -0.2) is 17.0 Å². The molecule has 0 aliphatic carbocycles. The molecule has 0 fully saturated rings. The summed E-state index contributed by atoms with van der Waals surface area (Å²) in [6.07, 6.45) is 1.10. The molecule has 0 saturated heterocycles. The summed E-state index contributed by atoms with van der Waals surface area (Å²) in [6, 6.07) is 0. The zero-order valence-corrected chi connectivity index (χ0v) is 6.92. The van der Waals surface area contributed by atoms with E-state index in [0.717, 1.165) is 6.42 Å². The maximum absolute atomic E-state index is 10.5. The van der Waals surface area contributed by atoms with Gasteiger partial charge in [-0.15, -0.1) is 0 Å². The summed E-state index contributed by atoms with van der Waals surface area (Å²) < 4.78 is 0. The summed E-state index contributed by atoms with van der Waals surface area (Å²) in [5.74, 6) is 0.441. The van der Waals surface area contributed by atoms with Gasteiger partial charge in [0.1, 0.15) is 5.78 Å². The van der Waals surface area contributed by atoms with Crippen LogP contribution in [0.25, 0.3) is 0 Å². The lowest BCUT2D eigenvalue weighted by Crippen LogP contribution is -2.13. The third kappa shape index (κ3) is 4.50. The van der Waals surface area contributed by atoms with Crippen LogP contribution < -0.4 is 0 Å². The molecule has 0 amide bonds. The maximum atomic E-state index is 10.5. The normalized spacial score (nSPS) is 16.4. The van der Waals surface area contributed by atoms with Crippen LogP contribution in [0.1, 0.15) is 33.6 Å². The molecule has 0 aromatic carbocycles. The van der Waals surface area contributed by atoms with Gasteiger partial charge in [0.2, 0.25) is 0 Å². The Hall–Kier alpha value is -0.370. The first-order valence-electron chi connectivity index (χ1n) is 3.71. The molecule has 60 valence electrons. The van der Waals surface area contributed by atoms with Crippen molar-refractivity contribution in [2.45, 2.75) is 39.7 Å². The average Bonchev–Trinajstić information content (AvgIpc) is 1.82. The number of aliphatic hydroxyl groups excluding tert-OH is 1. The van der Waals surface area contributed by atoms with E-state index in [2.05, 4.69) is 0 Å². The van der Waals surface area contributed by atoms with Crippen molar-refractivity contribution in [3.63, 3.8) is 0 Å². The molecule has 2 nitrogen and oxygen atoms in total. The molecule has 0 aromatic heterocycles. The molecule has 0 rings (SSSR count). The minimum atomic E-state index is -0.292. The summed E-state index contributed by atoms with van der Waals surface area (Å²) >= 11 is 0. The van der Waals surface area contributed by atoms with Crippen LogP contribution in [0.4, 0.5) is 0 Å². The zero-order valence-electron chi connectivity index (χ0n) is 6.92. The van der Waals surface area contributed by atoms with Gasteiger partial charge in [0.05, 0.1) is 6.10 Å². The third-order valence-corrected chi connectivity index (χ3v) is 1.78. The molecule has 0 bridgehead atoms. The van der Waals surface area contributed by atoms with E-state index in [1.54, 1.807) is 13.8 Å². The van der Waals surface area contributed by atoms with Crippen molar-refractivity contribution in [3.05, 3.63) is 0 Å². The topological polar surface area (TPSA) is 37.3 Å². The van der Waals surface area contributed by atoms with Crippen LogP contribution in [0.2, 0.25) is 0 Å². The summed E-state index contributed by atoms with van der Waals surface area (Å²) in [5.41, 5.74) is 0. The van der Waals surface area contributed by atoms with E-state index in [9.17, 15) is 4.79 Å². The Morgan fingerprint density at radius 3 is 2.30 bits per heavy atom. The van der Waals surface area contributed by atoms with E-state index in [0.29, 0.717) is 6.42 Å². The van der Waals surface area contributed by atoms with Crippen molar-refractivity contribution in [2.24, 2.45) is 5.92 Å². The molecule has 0 aliphatic heterocycles. The van der Waals surface area contributed by atoms with E-state index >= 15 is 0 Å². The van der Waals surface area contributed by atoms with Gasteiger partial charge in [-0.25, -0.2) is 0 Å². The highest BCUT2D eigenvalue weighted by Gasteiger charge is 2.08. The third-order valence-electron chi connectivity index (χ3n) is 1.78. The zero-order chi connectivity index (χ0) is 8.15. The number of hydrogen-bond donors (Lipinski definition) is 1. The highest BCUT2D eigenvalue weighted by Crippen LogP contribution is 2.09. The molecule has 1 unspecified atom stereocenters. The summed E-state index contributed by atoms with van der Waals surface area (Å²) in [6.45, 7) is 5.28. The number of aliphatic hydroxyl groups is 1. The predicted octanol–water partition coefficient (Wildman–Crippen LogP) is 1.37. The van der Waals surface area contributed by atoms with Crippen LogP contribution in [-0.2, 0) is 4.79 Å². The molecule has 0 aliphatic rings. The number of carbonyl (C=O) groups is 1. The highest BCUT2D eigenvalue weighted by molar-refractivity contribution is 5.75. The fraction of sp³-hybridized carbons (Fsp3) is 0.875. The molecule has 10 heavy (non-hydrogen) atoms. The van der Waals surface area contributed by atoms with Crippen LogP contribution in [0.15, 0.2) is 0 Å². The second-order valence-electron chi connectivity index (χ2n) is 2.96. The van der Waals surface area contributed by atoms with Crippen LogP contribution >= 0.6 is 0 Å². The van der Waals surface area contributed by atoms with Crippen molar-refractivity contribution in [1.29, 1.82) is 0 Å². The van der Waals surface area contributed by atoms with Crippen LogP contribution in [0, 0.1) is 5.92 Å². The summed E-state index contributed by atoms with van der Waals surface area (Å²) in [4.78, 5) is 10.5. The molecular formula is C8H16O2. The van der Waals surface area contributed by atoms with Crippen molar-refractivity contribution in [1.82, 2.24) is 0 Å². The van der Waals surface area contributed by atoms with Crippen LogP contribution in [0.3, 0.4) is 0 Å². The fourth-order valence-electron chi connectivity index (χ4n) is 0.672. The second kappa shape index (κ2) is 4.45. The molecule has 0 spiro atoms. The van der Waals surface area contributed by atoms with Gasteiger partial charge in [0.25, 0.3) is 0 Å². The molecular weight excluding hydrogens is 128 g/mol. The van der Waals surface area contributed by atoms with Crippen molar-refractivity contribution in [2.75, 3.05) is 0 Å². The Morgan fingerprint density at radius 2 is 2.00 bits per heavy atom. The Labute approximate surface area is 62.2 Å². The molecule has 0 radical (unpaired) electrons. The Balaban J connectivity index is 3.39. The first kappa shape index (κ1) is 9.63. The molecule has 2 heteroatoms. The van der Waals surface area contributed by atoms with Gasteiger partial charge in [-0.05, 0) is 26.2 Å². The summed E-state index contributed by atoms with van der Waals surface area (Å²) in [5, 5.41) is 9.02. The number of Topliss-reactive ketones (excluding diaryl/α,β-unsaturated/α-hetero) is 1. The van der Waals surface area contributed by atoms with Gasteiger partial charge >= 0.3 is 0 Å². The van der Waals surface area contributed by atoms with Crippen LogP contribution in [0.5, 0.6) is 0 Å². The quantitative estimate of drug-likeness (QED) is 0.647. The first-order chi connectivity index (χ1) is 4.54. The van der Waals surface area contributed by atoms with Gasteiger partial charge in [0.15, 0.2) is 0 Å². The molecule has 0 saturated carbocycles. The minimum absolute atomic E-state index is 0.201. The first-order valence-corrected chi connectivity index (χ1v) is 3.71. The lowest BCUT2D eigenvalue weighted by atomic mass is 9.99. The molecule has 0 aromatic rings. The fourth-order valence-corrected chi connectivity index (χ4v) is 0.672. The monoisotopic (exact) mass is 144 g/mol. The van der Waals surface area contributed by atoms with Gasteiger partial charge in [-0.1, -0.05) is 6.92 Å². The van der Waals surface area contributed by atoms with Gasteiger partial charge in [-0.3, -0.25) is 0 Å². The largest absolute Gasteiger partial charge is 0.393 e. The standard InChI is InChI=1S/C8H16O2/c1-6(8(3)10)4-5-7(2)9/h6,8,10H,4-5H2,1-3H3/t6?,8-/m1/s1. The SMILES string of the molecule is CC(=O)CCC(C)[C@@H](C)O. The van der Waals surface area contributed by atoms with Crippen molar-refractivity contribution < 1.29 is 9.90 Å². The Bertz CT molecular complexity index is 108.